The summed E-state index contributed by atoms with van der Waals surface area (Å²) in [5.74, 6) is 0.682. The molecule has 0 N–H and O–H groups in total. The van der Waals surface area contributed by atoms with Gasteiger partial charge in [0.05, 0.1) is 16.6 Å². The molecule has 0 aliphatic heterocycles. The van der Waals surface area contributed by atoms with Crippen LogP contribution in [0.15, 0.2) is 180 Å². The van der Waals surface area contributed by atoms with Crippen molar-refractivity contribution in [3.8, 4) is 50.6 Å². The molecule has 0 aliphatic rings. The summed E-state index contributed by atoms with van der Waals surface area (Å²) in [6, 6.07) is 61.3. The van der Waals surface area contributed by atoms with Crippen molar-refractivity contribution in [2.45, 2.75) is 0 Å². The first-order valence-electron chi connectivity index (χ1n) is 16.8. The number of fused-ring (bicyclic) bond motifs is 6. The summed E-state index contributed by atoms with van der Waals surface area (Å²) < 4.78 is 8.65. The van der Waals surface area contributed by atoms with Gasteiger partial charge in [-0.15, -0.1) is 0 Å². The quantitative estimate of drug-likeness (QED) is 0.188. The van der Waals surface area contributed by atoms with Crippen LogP contribution in [0.4, 0.5) is 0 Å². The minimum atomic E-state index is 0.682. The Morgan fingerprint density at radius 1 is 0.440 bits per heavy atom. The van der Waals surface area contributed by atoms with Crippen LogP contribution in [0.5, 0.6) is 0 Å². The molecule has 10 rings (SSSR count). The Morgan fingerprint density at radius 3 is 1.86 bits per heavy atom. The van der Waals surface area contributed by atoms with E-state index in [0.717, 1.165) is 88.6 Å². The van der Waals surface area contributed by atoms with Crippen LogP contribution in [-0.4, -0.2) is 14.5 Å². The van der Waals surface area contributed by atoms with Crippen LogP contribution in [0.3, 0.4) is 0 Å². The van der Waals surface area contributed by atoms with E-state index in [1.54, 1.807) is 0 Å². The topological polar surface area (TPSA) is 43.9 Å². The molecule has 0 atom stereocenters. The molecule has 0 radical (unpaired) electrons. The third-order valence-electron chi connectivity index (χ3n) is 9.61. The van der Waals surface area contributed by atoms with Gasteiger partial charge in [-0.25, -0.2) is 9.97 Å². The van der Waals surface area contributed by atoms with Crippen LogP contribution in [-0.2, 0) is 0 Å². The van der Waals surface area contributed by atoms with Gasteiger partial charge in [0, 0.05) is 38.5 Å². The highest BCUT2D eigenvalue weighted by atomic mass is 16.3. The summed E-state index contributed by atoms with van der Waals surface area (Å²) in [6.45, 7) is 0. The summed E-state index contributed by atoms with van der Waals surface area (Å²) in [6.07, 6.45) is 0. The molecule has 0 aliphatic carbocycles. The first-order valence-corrected chi connectivity index (χ1v) is 16.8. The van der Waals surface area contributed by atoms with E-state index in [9.17, 15) is 0 Å². The second kappa shape index (κ2) is 11.4. The lowest BCUT2D eigenvalue weighted by atomic mass is 9.96. The highest BCUT2D eigenvalue weighted by molar-refractivity contribution is 6.14. The molecule has 0 amide bonds. The number of nitrogens with zero attached hydrogens (tertiary/aromatic N) is 3. The van der Waals surface area contributed by atoms with Gasteiger partial charge in [-0.2, -0.15) is 0 Å². The number of aromatic nitrogens is 3. The third kappa shape index (κ3) is 4.54. The maximum atomic E-state index is 6.39. The number of rotatable bonds is 5. The molecule has 10 aromatic rings. The van der Waals surface area contributed by atoms with E-state index >= 15 is 0 Å². The predicted molar refractivity (Wildman–Crippen MR) is 205 cm³/mol. The molecule has 4 nitrogen and oxygen atoms in total. The molecule has 4 heteroatoms. The molecule has 234 valence electrons. The number of hydrogen-bond acceptors (Lipinski definition) is 3. The van der Waals surface area contributed by atoms with Crippen molar-refractivity contribution in [2.24, 2.45) is 0 Å². The van der Waals surface area contributed by atoms with E-state index in [1.165, 1.54) is 0 Å². The van der Waals surface area contributed by atoms with Gasteiger partial charge in [-0.3, -0.25) is 4.57 Å². The Hall–Kier alpha value is -6.78. The Bertz CT molecular complexity index is 2870. The van der Waals surface area contributed by atoms with Crippen molar-refractivity contribution in [3.05, 3.63) is 176 Å². The number of hydrogen-bond donors (Lipinski definition) is 0. The van der Waals surface area contributed by atoms with E-state index in [1.807, 2.05) is 24.3 Å². The summed E-state index contributed by atoms with van der Waals surface area (Å²) in [5.41, 5.74) is 12.2. The van der Waals surface area contributed by atoms with Gasteiger partial charge >= 0.3 is 0 Å². The van der Waals surface area contributed by atoms with Crippen LogP contribution in [0, 0.1) is 0 Å². The SMILES string of the molecule is c1ccc(-c2nc(-c3cccc(-c4cccc(-c5cccc6c5oc5ccccc56)c4)c3)nc3c2c2ccccc2n3-c2ccccc2)cc1. The van der Waals surface area contributed by atoms with Crippen LogP contribution in [0.1, 0.15) is 0 Å². The minimum Gasteiger partial charge on any atom is -0.455 e. The van der Waals surface area contributed by atoms with E-state index < -0.39 is 0 Å². The fourth-order valence-electron chi connectivity index (χ4n) is 7.30. The first-order chi connectivity index (χ1) is 24.8. The van der Waals surface area contributed by atoms with Crippen LogP contribution in [0.2, 0.25) is 0 Å². The third-order valence-corrected chi connectivity index (χ3v) is 9.61. The molecule has 0 unspecified atom stereocenters. The Morgan fingerprint density at radius 2 is 1.04 bits per heavy atom. The van der Waals surface area contributed by atoms with Gasteiger partial charge in [0.15, 0.2) is 5.82 Å². The van der Waals surface area contributed by atoms with Crippen molar-refractivity contribution < 1.29 is 4.42 Å². The van der Waals surface area contributed by atoms with Gasteiger partial charge in [-0.05, 0) is 53.1 Å². The molecule has 3 aromatic heterocycles. The molecule has 0 spiro atoms. The van der Waals surface area contributed by atoms with E-state index in [4.69, 9.17) is 14.4 Å². The number of furan rings is 1. The van der Waals surface area contributed by atoms with E-state index in [0.29, 0.717) is 5.82 Å². The molecule has 0 saturated carbocycles. The normalized spacial score (nSPS) is 11.6. The van der Waals surface area contributed by atoms with Gasteiger partial charge in [0.25, 0.3) is 0 Å². The van der Waals surface area contributed by atoms with Gasteiger partial charge in [0.1, 0.15) is 16.8 Å². The zero-order chi connectivity index (χ0) is 33.0. The fourth-order valence-corrected chi connectivity index (χ4v) is 7.30. The molecule has 0 bridgehead atoms. The summed E-state index contributed by atoms with van der Waals surface area (Å²) in [4.78, 5) is 10.7. The molecule has 7 aromatic carbocycles. The summed E-state index contributed by atoms with van der Waals surface area (Å²) >= 11 is 0. The Labute approximate surface area is 288 Å². The van der Waals surface area contributed by atoms with E-state index in [-0.39, 0.29) is 0 Å². The minimum absolute atomic E-state index is 0.682. The maximum Gasteiger partial charge on any atom is 0.162 e. The van der Waals surface area contributed by atoms with Crippen molar-refractivity contribution in [2.75, 3.05) is 0 Å². The van der Waals surface area contributed by atoms with Crippen molar-refractivity contribution in [1.82, 2.24) is 14.5 Å². The largest absolute Gasteiger partial charge is 0.455 e. The lowest BCUT2D eigenvalue weighted by Crippen LogP contribution is -1.99. The molecule has 50 heavy (non-hydrogen) atoms. The highest BCUT2D eigenvalue weighted by Gasteiger charge is 2.21. The second-order valence-electron chi connectivity index (χ2n) is 12.6. The van der Waals surface area contributed by atoms with Gasteiger partial charge in [-0.1, -0.05) is 140 Å². The predicted octanol–water partition coefficient (Wildman–Crippen LogP) is 12.1. The average Bonchev–Trinajstić information content (AvgIpc) is 3.74. The van der Waals surface area contributed by atoms with Gasteiger partial charge < -0.3 is 4.42 Å². The average molecular weight is 640 g/mol. The molecule has 3 heterocycles. The number of benzene rings is 7. The zero-order valence-corrected chi connectivity index (χ0v) is 27.0. The van der Waals surface area contributed by atoms with Crippen molar-refractivity contribution in [1.29, 1.82) is 0 Å². The smallest absolute Gasteiger partial charge is 0.162 e. The second-order valence-corrected chi connectivity index (χ2v) is 12.6. The van der Waals surface area contributed by atoms with Crippen LogP contribution < -0.4 is 0 Å². The lowest BCUT2D eigenvalue weighted by molar-refractivity contribution is 0.670. The van der Waals surface area contributed by atoms with Crippen molar-refractivity contribution in [3.63, 3.8) is 0 Å². The standard InChI is InChI=1S/C46H29N3O/c1-3-14-30(15-4-1)43-42-39-23-7-9-26-40(39)49(35-20-5-2-6-21-35)46(42)48-45(47-43)34-19-12-17-32(29-34)31-16-11-18-33(28-31)36-24-13-25-38-37-22-8-10-27-41(37)50-44(36)38/h1-29H. The van der Waals surface area contributed by atoms with Crippen molar-refractivity contribution >= 4 is 43.9 Å². The maximum absolute atomic E-state index is 6.39. The zero-order valence-electron chi connectivity index (χ0n) is 27.0. The van der Waals surface area contributed by atoms with Crippen LogP contribution in [0.25, 0.3) is 94.5 Å². The molecular weight excluding hydrogens is 611 g/mol. The fraction of sp³-hybridized carbons (Fsp3) is 0. The highest BCUT2D eigenvalue weighted by Crippen LogP contribution is 2.40. The Balaban J connectivity index is 1.15. The lowest BCUT2D eigenvalue weighted by Gasteiger charge is -2.11. The van der Waals surface area contributed by atoms with E-state index in [2.05, 4.69) is 156 Å². The summed E-state index contributed by atoms with van der Waals surface area (Å²) in [5, 5.41) is 4.43. The van der Waals surface area contributed by atoms with Crippen LogP contribution >= 0.6 is 0 Å². The Kier molecular flexibility index (Phi) is 6.46. The molecular formula is C46H29N3O. The summed E-state index contributed by atoms with van der Waals surface area (Å²) in [7, 11) is 0. The first kappa shape index (κ1) is 28.3. The number of para-hydroxylation sites is 4. The van der Waals surface area contributed by atoms with Gasteiger partial charge in [0.2, 0.25) is 0 Å². The molecule has 0 fully saturated rings. The monoisotopic (exact) mass is 639 g/mol. The molecule has 0 saturated heterocycles.